The number of rotatable bonds is 5. The van der Waals surface area contributed by atoms with Crippen molar-refractivity contribution < 1.29 is 0 Å². The first-order chi connectivity index (χ1) is 13.0. The number of likely N-dealkylation sites (N-methyl/N-ethyl adjacent to an activating group) is 1. The van der Waals surface area contributed by atoms with Gasteiger partial charge in [-0.15, -0.1) is 0 Å². The number of thiocarbonyl (C=S) groups is 1. The van der Waals surface area contributed by atoms with Gasteiger partial charge in [-0.1, -0.05) is 13.8 Å². The van der Waals surface area contributed by atoms with Crippen LogP contribution in [-0.2, 0) is 0 Å². The first-order valence-electron chi connectivity index (χ1n) is 9.96. The van der Waals surface area contributed by atoms with Gasteiger partial charge in [-0.05, 0) is 68.9 Å². The number of nitrogens with zero attached hydrogens (tertiary/aromatic N) is 3. The average Bonchev–Trinajstić information content (AvgIpc) is 2.68. The Morgan fingerprint density at radius 2 is 1.93 bits per heavy atom. The minimum Gasteiger partial charge on any atom is -0.360 e. The van der Waals surface area contributed by atoms with Crippen molar-refractivity contribution in [2.45, 2.75) is 40.2 Å². The molecule has 0 unspecified atom stereocenters. The molecule has 1 fully saturated rings. The predicted octanol–water partition coefficient (Wildman–Crippen LogP) is 3.77. The van der Waals surface area contributed by atoms with E-state index in [-0.39, 0.29) is 0 Å². The van der Waals surface area contributed by atoms with Crippen LogP contribution in [0.25, 0.3) is 10.9 Å². The van der Waals surface area contributed by atoms with Crippen LogP contribution in [0.1, 0.15) is 32.8 Å². The Hall–Kier alpha value is -1.92. The second-order valence-electron chi connectivity index (χ2n) is 7.36. The van der Waals surface area contributed by atoms with Crippen molar-refractivity contribution in [3.8, 4) is 0 Å². The molecule has 0 aliphatic carbocycles. The van der Waals surface area contributed by atoms with Crippen LogP contribution in [0, 0.1) is 6.92 Å². The van der Waals surface area contributed by atoms with Gasteiger partial charge in [0.2, 0.25) is 0 Å². The normalized spacial score (nSPS) is 16.4. The zero-order chi connectivity index (χ0) is 19.4. The highest BCUT2D eigenvalue weighted by molar-refractivity contribution is 7.80. The molecule has 2 heterocycles. The van der Waals surface area contributed by atoms with E-state index in [9.17, 15) is 0 Å². The lowest BCUT2D eigenvalue weighted by molar-refractivity contribution is 0.270. The number of hydrogen-bond acceptors (Lipinski definition) is 4. The van der Waals surface area contributed by atoms with Crippen LogP contribution in [0.3, 0.4) is 0 Å². The molecule has 1 aromatic carbocycles. The van der Waals surface area contributed by atoms with Gasteiger partial charge in [0.1, 0.15) is 5.82 Å². The van der Waals surface area contributed by atoms with E-state index < -0.39 is 0 Å². The van der Waals surface area contributed by atoms with Gasteiger partial charge in [0.15, 0.2) is 5.11 Å². The molecule has 27 heavy (non-hydrogen) atoms. The summed E-state index contributed by atoms with van der Waals surface area (Å²) < 4.78 is 0. The Morgan fingerprint density at radius 1 is 1.19 bits per heavy atom. The first kappa shape index (κ1) is 19.8. The van der Waals surface area contributed by atoms with Crippen LogP contribution in [0.2, 0.25) is 0 Å². The number of piperazine rings is 1. The summed E-state index contributed by atoms with van der Waals surface area (Å²) in [5, 5.41) is 8.42. The standard InChI is InChI=1S/C21H31N5S/c1-5-16(4)22-21(27)23-17-7-8-19-18(14-17)15(3)13-20(24-19)26-11-9-25(6-2)10-12-26/h7-8,13-14,16H,5-6,9-12H2,1-4H3,(H2,22,23,27)/t16-/m0/s1. The summed E-state index contributed by atoms with van der Waals surface area (Å²) in [6, 6.07) is 8.86. The summed E-state index contributed by atoms with van der Waals surface area (Å²) in [6.45, 7) is 14.1. The van der Waals surface area contributed by atoms with Gasteiger partial charge < -0.3 is 20.4 Å². The number of pyridine rings is 1. The van der Waals surface area contributed by atoms with Crippen molar-refractivity contribution in [2.24, 2.45) is 0 Å². The van der Waals surface area contributed by atoms with E-state index in [1.165, 1.54) is 10.9 Å². The maximum Gasteiger partial charge on any atom is 0.170 e. The second kappa shape index (κ2) is 8.85. The highest BCUT2D eigenvalue weighted by Gasteiger charge is 2.17. The molecule has 1 aromatic heterocycles. The smallest absolute Gasteiger partial charge is 0.170 e. The lowest BCUT2D eigenvalue weighted by Crippen LogP contribution is -2.46. The van der Waals surface area contributed by atoms with Crippen LogP contribution < -0.4 is 15.5 Å². The van der Waals surface area contributed by atoms with Gasteiger partial charge in [0.25, 0.3) is 0 Å². The largest absolute Gasteiger partial charge is 0.360 e. The lowest BCUT2D eigenvalue weighted by atomic mass is 10.1. The summed E-state index contributed by atoms with van der Waals surface area (Å²) >= 11 is 5.41. The lowest BCUT2D eigenvalue weighted by Gasteiger charge is -2.35. The van der Waals surface area contributed by atoms with Crippen molar-refractivity contribution in [2.75, 3.05) is 42.9 Å². The molecule has 1 aliphatic rings. The van der Waals surface area contributed by atoms with Gasteiger partial charge in [0.05, 0.1) is 5.52 Å². The topological polar surface area (TPSA) is 43.4 Å². The molecular weight excluding hydrogens is 354 g/mol. The highest BCUT2D eigenvalue weighted by atomic mass is 32.1. The van der Waals surface area contributed by atoms with Crippen LogP contribution in [0.5, 0.6) is 0 Å². The number of aryl methyl sites for hydroxylation is 1. The molecule has 1 saturated heterocycles. The Kier molecular flexibility index (Phi) is 6.50. The van der Waals surface area contributed by atoms with Gasteiger partial charge >= 0.3 is 0 Å². The van der Waals surface area contributed by atoms with Gasteiger partial charge in [-0.25, -0.2) is 4.98 Å². The Bertz CT molecular complexity index is 799. The monoisotopic (exact) mass is 385 g/mol. The van der Waals surface area contributed by atoms with Gasteiger partial charge in [0, 0.05) is 43.3 Å². The van der Waals surface area contributed by atoms with E-state index in [1.54, 1.807) is 0 Å². The summed E-state index contributed by atoms with van der Waals surface area (Å²) in [4.78, 5) is 9.81. The number of anilines is 2. The number of hydrogen-bond donors (Lipinski definition) is 2. The third kappa shape index (κ3) is 4.87. The van der Waals surface area contributed by atoms with Crippen molar-refractivity contribution in [3.63, 3.8) is 0 Å². The molecule has 1 aliphatic heterocycles. The van der Waals surface area contributed by atoms with E-state index in [0.29, 0.717) is 11.2 Å². The summed E-state index contributed by atoms with van der Waals surface area (Å²) in [6.07, 6.45) is 1.04. The predicted molar refractivity (Wildman–Crippen MR) is 120 cm³/mol. The highest BCUT2D eigenvalue weighted by Crippen LogP contribution is 2.26. The summed E-state index contributed by atoms with van der Waals surface area (Å²) in [5.74, 6) is 1.09. The number of benzene rings is 1. The third-order valence-corrected chi connectivity index (χ3v) is 5.61. The SMILES string of the molecule is CC[C@H](C)NC(=S)Nc1ccc2nc(N3CCN(CC)CC3)cc(C)c2c1. The molecule has 0 radical (unpaired) electrons. The number of aromatic nitrogens is 1. The minimum atomic E-state index is 0.365. The molecule has 6 heteroatoms. The Morgan fingerprint density at radius 3 is 2.59 bits per heavy atom. The molecule has 5 nitrogen and oxygen atoms in total. The molecule has 0 spiro atoms. The average molecular weight is 386 g/mol. The molecule has 0 amide bonds. The van der Waals surface area contributed by atoms with Crippen LogP contribution in [0.15, 0.2) is 24.3 Å². The molecule has 3 rings (SSSR count). The fourth-order valence-corrected chi connectivity index (χ4v) is 3.72. The molecule has 2 N–H and O–H groups in total. The third-order valence-electron chi connectivity index (χ3n) is 5.39. The molecule has 1 atom stereocenters. The quantitative estimate of drug-likeness (QED) is 0.764. The number of nitrogens with one attached hydrogen (secondary N) is 2. The van der Waals surface area contributed by atoms with Crippen molar-refractivity contribution >= 4 is 39.7 Å². The van der Waals surface area contributed by atoms with Crippen molar-refractivity contribution in [3.05, 3.63) is 29.8 Å². The second-order valence-corrected chi connectivity index (χ2v) is 7.77. The summed E-state index contributed by atoms with van der Waals surface area (Å²) in [7, 11) is 0. The van der Waals surface area contributed by atoms with E-state index in [0.717, 1.165) is 56.2 Å². The summed E-state index contributed by atoms with van der Waals surface area (Å²) in [5.41, 5.74) is 3.28. The Balaban J connectivity index is 1.76. The van der Waals surface area contributed by atoms with Crippen LogP contribution >= 0.6 is 12.2 Å². The van der Waals surface area contributed by atoms with Crippen LogP contribution in [0.4, 0.5) is 11.5 Å². The molecule has 0 saturated carbocycles. The fraction of sp³-hybridized carbons (Fsp3) is 0.524. The maximum atomic E-state index is 5.41. The van der Waals surface area contributed by atoms with E-state index in [4.69, 9.17) is 17.2 Å². The zero-order valence-corrected chi connectivity index (χ0v) is 17.7. The first-order valence-corrected chi connectivity index (χ1v) is 10.4. The number of fused-ring (bicyclic) bond motifs is 1. The molecule has 2 aromatic rings. The molecule has 146 valence electrons. The minimum absolute atomic E-state index is 0.365. The van der Waals surface area contributed by atoms with E-state index in [2.05, 4.69) is 72.4 Å². The van der Waals surface area contributed by atoms with Crippen molar-refractivity contribution in [1.29, 1.82) is 0 Å². The van der Waals surface area contributed by atoms with Gasteiger partial charge in [-0.3, -0.25) is 0 Å². The van der Waals surface area contributed by atoms with E-state index >= 15 is 0 Å². The van der Waals surface area contributed by atoms with Gasteiger partial charge in [-0.2, -0.15) is 0 Å². The van der Waals surface area contributed by atoms with Crippen LogP contribution in [-0.4, -0.2) is 53.8 Å². The zero-order valence-electron chi connectivity index (χ0n) is 16.9. The molecular formula is C21H31N5S. The Labute approximate surface area is 168 Å². The van der Waals surface area contributed by atoms with Crippen molar-refractivity contribution in [1.82, 2.24) is 15.2 Å². The fourth-order valence-electron chi connectivity index (χ4n) is 3.40. The van der Waals surface area contributed by atoms with E-state index in [1.807, 2.05) is 0 Å². The molecule has 0 bridgehead atoms. The maximum absolute atomic E-state index is 5.41.